The third-order valence-electron chi connectivity index (χ3n) is 4.40. The van der Waals surface area contributed by atoms with E-state index < -0.39 is 0 Å². The minimum Gasteiger partial charge on any atom is -0.493 e. The second kappa shape index (κ2) is 12.6. The fourth-order valence-corrected chi connectivity index (χ4v) is 2.76. The Labute approximate surface area is 179 Å². The van der Waals surface area contributed by atoms with Gasteiger partial charge in [-0.2, -0.15) is 0 Å². The first-order valence-electron chi connectivity index (χ1n) is 10.2. The fraction of sp³-hybridized carbons (Fsp3) is 0.435. The summed E-state index contributed by atoms with van der Waals surface area (Å²) in [5.41, 5.74) is 2.22. The summed E-state index contributed by atoms with van der Waals surface area (Å²) in [6, 6.07) is 13.7. The number of nitrogens with zero attached hydrogens (tertiary/aromatic N) is 2. The van der Waals surface area contributed by atoms with Gasteiger partial charge in [-0.05, 0) is 43.7 Å². The topological polar surface area (TPSA) is 75.6 Å². The van der Waals surface area contributed by atoms with Crippen LogP contribution in [0.2, 0.25) is 0 Å². The normalized spacial score (nSPS) is 11.2. The maximum Gasteiger partial charge on any atom is 0.194 e. The van der Waals surface area contributed by atoms with E-state index in [0.717, 1.165) is 23.8 Å². The summed E-state index contributed by atoms with van der Waals surface area (Å²) in [7, 11) is 3.59. The van der Waals surface area contributed by atoms with Crippen molar-refractivity contribution in [3.8, 4) is 17.2 Å². The van der Waals surface area contributed by atoms with Gasteiger partial charge in [-0.15, -0.1) is 0 Å². The SMILES string of the molecule is CCNC(=NCc1ccc(OCCO)c(OC)c1)N(C)CCOc1ccc(C)cc1. The van der Waals surface area contributed by atoms with Gasteiger partial charge in [0.25, 0.3) is 0 Å². The van der Waals surface area contributed by atoms with Crippen molar-refractivity contribution in [2.24, 2.45) is 4.99 Å². The molecule has 0 aliphatic rings. The molecule has 30 heavy (non-hydrogen) atoms. The maximum atomic E-state index is 8.93. The average Bonchev–Trinajstić information content (AvgIpc) is 2.76. The molecular formula is C23H33N3O4. The van der Waals surface area contributed by atoms with Crippen molar-refractivity contribution in [3.63, 3.8) is 0 Å². The molecule has 0 aliphatic carbocycles. The third kappa shape index (κ3) is 7.48. The van der Waals surface area contributed by atoms with Crippen molar-refractivity contribution < 1.29 is 19.3 Å². The van der Waals surface area contributed by atoms with Gasteiger partial charge in [0.1, 0.15) is 19.0 Å². The van der Waals surface area contributed by atoms with Crippen LogP contribution in [-0.2, 0) is 6.54 Å². The lowest BCUT2D eigenvalue weighted by Gasteiger charge is -2.22. The van der Waals surface area contributed by atoms with Crippen molar-refractivity contribution in [1.29, 1.82) is 0 Å². The molecule has 2 N–H and O–H groups in total. The minimum absolute atomic E-state index is 0.0405. The molecule has 0 aliphatic heterocycles. The number of hydrogen-bond acceptors (Lipinski definition) is 5. The molecule has 0 fully saturated rings. The number of aliphatic hydroxyl groups is 1. The Bertz CT molecular complexity index is 794. The Morgan fingerprint density at radius 3 is 2.50 bits per heavy atom. The summed E-state index contributed by atoms with van der Waals surface area (Å²) in [5, 5.41) is 12.2. The van der Waals surface area contributed by atoms with E-state index in [-0.39, 0.29) is 13.2 Å². The molecule has 7 heteroatoms. The Morgan fingerprint density at radius 2 is 1.83 bits per heavy atom. The molecule has 0 heterocycles. The molecule has 0 saturated carbocycles. The lowest BCUT2D eigenvalue weighted by Crippen LogP contribution is -2.40. The monoisotopic (exact) mass is 415 g/mol. The number of guanidine groups is 1. The molecule has 0 amide bonds. The summed E-state index contributed by atoms with van der Waals surface area (Å²) in [5.74, 6) is 2.91. The number of methoxy groups -OCH3 is 1. The highest BCUT2D eigenvalue weighted by molar-refractivity contribution is 5.79. The molecule has 7 nitrogen and oxygen atoms in total. The number of aryl methyl sites for hydroxylation is 1. The number of ether oxygens (including phenoxy) is 3. The lowest BCUT2D eigenvalue weighted by atomic mass is 10.2. The first-order valence-corrected chi connectivity index (χ1v) is 10.2. The van der Waals surface area contributed by atoms with E-state index in [9.17, 15) is 0 Å². The molecule has 2 aromatic rings. The predicted molar refractivity (Wildman–Crippen MR) is 120 cm³/mol. The summed E-state index contributed by atoms with van der Waals surface area (Å²) in [4.78, 5) is 6.78. The summed E-state index contributed by atoms with van der Waals surface area (Å²) < 4.78 is 16.7. The van der Waals surface area contributed by atoms with Crippen molar-refractivity contribution in [2.45, 2.75) is 20.4 Å². The Balaban J connectivity index is 1.95. The smallest absolute Gasteiger partial charge is 0.194 e. The van der Waals surface area contributed by atoms with Gasteiger partial charge in [0.05, 0.1) is 26.8 Å². The Morgan fingerprint density at radius 1 is 1.07 bits per heavy atom. The van der Waals surface area contributed by atoms with E-state index in [2.05, 4.69) is 12.2 Å². The molecule has 0 bridgehead atoms. The van der Waals surface area contributed by atoms with E-state index in [0.29, 0.717) is 31.2 Å². The number of nitrogens with one attached hydrogen (secondary N) is 1. The van der Waals surface area contributed by atoms with Gasteiger partial charge in [0.15, 0.2) is 17.5 Å². The van der Waals surface area contributed by atoms with Crippen molar-refractivity contribution >= 4 is 5.96 Å². The molecular weight excluding hydrogens is 382 g/mol. The highest BCUT2D eigenvalue weighted by atomic mass is 16.5. The number of likely N-dealkylation sites (N-methyl/N-ethyl adjacent to an activating group) is 1. The van der Waals surface area contributed by atoms with Gasteiger partial charge in [-0.25, -0.2) is 4.99 Å². The highest BCUT2D eigenvalue weighted by Gasteiger charge is 2.08. The Hall–Kier alpha value is -2.93. The predicted octanol–water partition coefficient (Wildman–Crippen LogP) is 2.85. The van der Waals surface area contributed by atoms with E-state index in [4.69, 9.17) is 24.3 Å². The Kier molecular flexibility index (Phi) is 9.80. The summed E-state index contributed by atoms with van der Waals surface area (Å²) in [6.45, 7) is 6.84. The fourth-order valence-electron chi connectivity index (χ4n) is 2.76. The molecule has 164 valence electrons. The molecule has 0 aromatic heterocycles. The van der Waals surface area contributed by atoms with Crippen LogP contribution in [0.1, 0.15) is 18.1 Å². The van der Waals surface area contributed by atoms with Crippen molar-refractivity contribution in [1.82, 2.24) is 10.2 Å². The van der Waals surface area contributed by atoms with Gasteiger partial charge in [0, 0.05) is 13.6 Å². The first-order chi connectivity index (χ1) is 14.6. The molecule has 0 saturated heterocycles. The molecule has 0 radical (unpaired) electrons. The zero-order valence-electron chi connectivity index (χ0n) is 18.4. The second-order valence-corrected chi connectivity index (χ2v) is 6.81. The largest absolute Gasteiger partial charge is 0.493 e. The minimum atomic E-state index is -0.0405. The van der Waals surface area contributed by atoms with Crippen molar-refractivity contribution in [2.75, 3.05) is 47.1 Å². The number of aliphatic imine (C=N–C) groups is 1. The van der Waals surface area contributed by atoms with Crippen LogP contribution in [0.3, 0.4) is 0 Å². The number of benzene rings is 2. The van der Waals surface area contributed by atoms with Gasteiger partial charge in [0.2, 0.25) is 0 Å². The molecule has 0 unspecified atom stereocenters. The van der Waals surface area contributed by atoms with Gasteiger partial charge in [-0.1, -0.05) is 23.8 Å². The van der Waals surface area contributed by atoms with Gasteiger partial charge >= 0.3 is 0 Å². The van der Waals surface area contributed by atoms with Crippen LogP contribution < -0.4 is 19.5 Å². The van der Waals surface area contributed by atoms with Crippen LogP contribution in [0.5, 0.6) is 17.2 Å². The maximum absolute atomic E-state index is 8.93. The first kappa shape index (κ1) is 23.3. The molecule has 2 rings (SSSR count). The van der Waals surface area contributed by atoms with E-state index >= 15 is 0 Å². The zero-order chi connectivity index (χ0) is 21.8. The molecule has 0 atom stereocenters. The highest BCUT2D eigenvalue weighted by Crippen LogP contribution is 2.28. The van der Waals surface area contributed by atoms with Gasteiger partial charge < -0.3 is 29.5 Å². The number of hydrogen-bond donors (Lipinski definition) is 2. The average molecular weight is 416 g/mol. The third-order valence-corrected chi connectivity index (χ3v) is 4.40. The van der Waals surface area contributed by atoms with Crippen molar-refractivity contribution in [3.05, 3.63) is 53.6 Å². The second-order valence-electron chi connectivity index (χ2n) is 6.81. The van der Waals surface area contributed by atoms with Gasteiger partial charge in [-0.3, -0.25) is 0 Å². The van der Waals surface area contributed by atoms with E-state index in [1.807, 2.05) is 61.3 Å². The van der Waals surface area contributed by atoms with Crippen LogP contribution in [0, 0.1) is 6.92 Å². The van der Waals surface area contributed by atoms with Crippen LogP contribution in [0.15, 0.2) is 47.5 Å². The zero-order valence-corrected chi connectivity index (χ0v) is 18.4. The number of aliphatic hydroxyl groups excluding tert-OH is 1. The van der Waals surface area contributed by atoms with Crippen LogP contribution in [0.25, 0.3) is 0 Å². The van der Waals surface area contributed by atoms with Crippen LogP contribution in [-0.4, -0.2) is 63.0 Å². The standard InChI is InChI=1S/C23H33N3O4/c1-5-24-23(26(3)12-14-29-20-9-6-18(2)7-10-20)25-17-19-8-11-21(30-15-13-27)22(16-19)28-4/h6-11,16,27H,5,12-15,17H2,1-4H3,(H,24,25). The molecule has 0 spiro atoms. The van der Waals surface area contributed by atoms with Crippen LogP contribution in [0.4, 0.5) is 0 Å². The number of rotatable bonds is 11. The van der Waals surface area contributed by atoms with E-state index in [1.54, 1.807) is 7.11 Å². The summed E-state index contributed by atoms with van der Waals surface area (Å²) in [6.07, 6.45) is 0. The summed E-state index contributed by atoms with van der Waals surface area (Å²) >= 11 is 0. The lowest BCUT2D eigenvalue weighted by molar-refractivity contribution is 0.196. The quantitative estimate of drug-likeness (QED) is 0.434. The molecule has 2 aromatic carbocycles. The van der Waals surface area contributed by atoms with E-state index in [1.165, 1.54) is 5.56 Å². The van der Waals surface area contributed by atoms with Crippen LogP contribution >= 0.6 is 0 Å².